The summed E-state index contributed by atoms with van der Waals surface area (Å²) in [4.78, 5) is 5.43. The molecule has 1 heterocycles. The highest BCUT2D eigenvalue weighted by Crippen LogP contribution is 2.22. The minimum atomic E-state index is 0.160. The Hall–Kier alpha value is -1.26. The Balaban J connectivity index is 1.87. The van der Waals surface area contributed by atoms with E-state index in [1.807, 2.05) is 31.3 Å². The Morgan fingerprint density at radius 3 is 2.45 bits per heavy atom. The number of hydrogen-bond donors (Lipinski definition) is 1. The van der Waals surface area contributed by atoms with Crippen molar-refractivity contribution in [1.82, 2.24) is 14.9 Å². The van der Waals surface area contributed by atoms with Crippen LogP contribution in [0.5, 0.6) is 0 Å². The second kappa shape index (κ2) is 6.46. The van der Waals surface area contributed by atoms with Crippen LogP contribution in [0.15, 0.2) is 41.7 Å². The van der Waals surface area contributed by atoms with Crippen LogP contribution in [-0.4, -0.2) is 15.1 Å². The highest BCUT2D eigenvalue weighted by molar-refractivity contribution is 7.98. The summed E-state index contributed by atoms with van der Waals surface area (Å²) in [5.74, 6) is 0.954. The lowest BCUT2D eigenvalue weighted by molar-refractivity contribution is 0.424. The van der Waals surface area contributed by atoms with Crippen molar-refractivity contribution in [2.75, 3.05) is 0 Å². The topological polar surface area (TPSA) is 29.9 Å². The molecule has 0 unspecified atom stereocenters. The number of aryl methyl sites for hydroxylation is 1. The Bertz CT molecular complexity index is 538. The van der Waals surface area contributed by atoms with Gasteiger partial charge in [0.25, 0.3) is 0 Å². The third kappa shape index (κ3) is 4.69. The van der Waals surface area contributed by atoms with Gasteiger partial charge < -0.3 is 9.88 Å². The molecule has 3 nitrogen and oxygen atoms in total. The molecule has 0 saturated heterocycles. The van der Waals surface area contributed by atoms with Crippen LogP contribution in [0.4, 0.5) is 0 Å². The summed E-state index contributed by atoms with van der Waals surface area (Å²) in [6.45, 7) is 7.47. The van der Waals surface area contributed by atoms with Crippen molar-refractivity contribution in [3.05, 3.63) is 48.0 Å². The standard InChI is InChI=1S/C16H23N3S/c1-16(2,3)18-9-13-5-7-15(8-6-13)20-11-14-10-17-12-19(14)4/h5-8,10,12,18H,9,11H2,1-4H3. The van der Waals surface area contributed by atoms with Crippen molar-refractivity contribution in [1.29, 1.82) is 0 Å². The summed E-state index contributed by atoms with van der Waals surface area (Å²) in [5.41, 5.74) is 2.73. The van der Waals surface area contributed by atoms with E-state index in [4.69, 9.17) is 0 Å². The van der Waals surface area contributed by atoms with Gasteiger partial charge in [-0.05, 0) is 38.5 Å². The lowest BCUT2D eigenvalue weighted by Crippen LogP contribution is -2.35. The van der Waals surface area contributed by atoms with Gasteiger partial charge in [-0.2, -0.15) is 0 Å². The van der Waals surface area contributed by atoms with Crippen molar-refractivity contribution < 1.29 is 0 Å². The third-order valence-electron chi connectivity index (χ3n) is 3.05. The van der Waals surface area contributed by atoms with Crippen molar-refractivity contribution in [2.24, 2.45) is 7.05 Å². The van der Waals surface area contributed by atoms with Gasteiger partial charge in [-0.1, -0.05) is 12.1 Å². The lowest BCUT2D eigenvalue weighted by Gasteiger charge is -2.20. The fraction of sp³-hybridized carbons (Fsp3) is 0.438. The van der Waals surface area contributed by atoms with Gasteiger partial charge in [0, 0.05) is 41.7 Å². The van der Waals surface area contributed by atoms with Gasteiger partial charge in [0.2, 0.25) is 0 Å². The third-order valence-corrected chi connectivity index (χ3v) is 4.09. The highest BCUT2D eigenvalue weighted by atomic mass is 32.2. The molecule has 4 heteroatoms. The van der Waals surface area contributed by atoms with E-state index in [1.165, 1.54) is 16.2 Å². The minimum absolute atomic E-state index is 0.160. The molecule has 2 rings (SSSR count). The molecule has 2 aromatic rings. The van der Waals surface area contributed by atoms with Crippen LogP contribution in [0.25, 0.3) is 0 Å². The quantitative estimate of drug-likeness (QED) is 0.853. The summed E-state index contributed by atoms with van der Waals surface area (Å²) in [5, 5.41) is 3.50. The molecule has 1 N–H and O–H groups in total. The Morgan fingerprint density at radius 1 is 1.20 bits per heavy atom. The largest absolute Gasteiger partial charge is 0.337 e. The number of aromatic nitrogens is 2. The number of thioether (sulfide) groups is 1. The van der Waals surface area contributed by atoms with Crippen molar-refractivity contribution in [3.63, 3.8) is 0 Å². The first kappa shape index (κ1) is 15.1. The number of rotatable bonds is 5. The first-order valence-corrected chi connectivity index (χ1v) is 7.84. The predicted octanol–water partition coefficient (Wildman–Crippen LogP) is 3.60. The zero-order valence-electron chi connectivity index (χ0n) is 12.7. The Morgan fingerprint density at radius 2 is 1.90 bits per heavy atom. The number of imidazole rings is 1. The SMILES string of the molecule is Cn1cncc1CSc1ccc(CNC(C)(C)C)cc1. The molecule has 0 spiro atoms. The summed E-state index contributed by atoms with van der Waals surface area (Å²) in [6.07, 6.45) is 3.77. The number of nitrogens with zero attached hydrogens (tertiary/aromatic N) is 2. The van der Waals surface area contributed by atoms with E-state index < -0.39 is 0 Å². The molecule has 108 valence electrons. The van der Waals surface area contributed by atoms with Crippen LogP contribution in [0.1, 0.15) is 32.0 Å². The molecule has 0 saturated carbocycles. The van der Waals surface area contributed by atoms with Gasteiger partial charge >= 0.3 is 0 Å². The molecule has 0 aliphatic carbocycles. The molecule has 20 heavy (non-hydrogen) atoms. The summed E-state index contributed by atoms with van der Waals surface area (Å²) in [6, 6.07) is 8.79. The van der Waals surface area contributed by atoms with Gasteiger partial charge in [0.1, 0.15) is 0 Å². The van der Waals surface area contributed by atoms with Crippen LogP contribution >= 0.6 is 11.8 Å². The van der Waals surface area contributed by atoms with Crippen LogP contribution in [0, 0.1) is 0 Å². The monoisotopic (exact) mass is 289 g/mol. The van der Waals surface area contributed by atoms with Crippen LogP contribution < -0.4 is 5.32 Å². The second-order valence-electron chi connectivity index (χ2n) is 6.03. The molecular weight excluding hydrogens is 266 g/mol. The van der Waals surface area contributed by atoms with E-state index in [-0.39, 0.29) is 5.54 Å². The molecule has 1 aromatic heterocycles. The number of benzene rings is 1. The average molecular weight is 289 g/mol. The Kier molecular flexibility index (Phi) is 4.89. The summed E-state index contributed by atoms with van der Waals surface area (Å²) < 4.78 is 2.06. The van der Waals surface area contributed by atoms with Gasteiger partial charge in [0.15, 0.2) is 0 Å². The van der Waals surface area contributed by atoms with Gasteiger partial charge in [-0.3, -0.25) is 0 Å². The lowest BCUT2D eigenvalue weighted by atomic mass is 10.1. The molecule has 0 atom stereocenters. The van der Waals surface area contributed by atoms with Gasteiger partial charge in [-0.15, -0.1) is 11.8 Å². The zero-order valence-corrected chi connectivity index (χ0v) is 13.5. The zero-order chi connectivity index (χ0) is 14.6. The van der Waals surface area contributed by atoms with E-state index in [1.54, 1.807) is 0 Å². The van der Waals surface area contributed by atoms with Crippen LogP contribution in [0.3, 0.4) is 0 Å². The molecule has 0 amide bonds. The van der Waals surface area contributed by atoms with E-state index >= 15 is 0 Å². The first-order chi connectivity index (χ1) is 9.44. The highest BCUT2D eigenvalue weighted by Gasteiger charge is 2.08. The minimum Gasteiger partial charge on any atom is -0.337 e. The number of nitrogens with one attached hydrogen (secondary N) is 1. The maximum Gasteiger partial charge on any atom is 0.0945 e. The van der Waals surface area contributed by atoms with Gasteiger partial charge in [-0.25, -0.2) is 4.98 Å². The average Bonchev–Trinajstić information content (AvgIpc) is 2.80. The van der Waals surface area contributed by atoms with Crippen LogP contribution in [0.2, 0.25) is 0 Å². The smallest absolute Gasteiger partial charge is 0.0945 e. The Labute approximate surface area is 125 Å². The van der Waals surface area contributed by atoms with Crippen molar-refractivity contribution >= 4 is 11.8 Å². The first-order valence-electron chi connectivity index (χ1n) is 6.86. The van der Waals surface area contributed by atoms with Crippen molar-refractivity contribution in [2.45, 2.75) is 43.5 Å². The maximum absolute atomic E-state index is 4.14. The second-order valence-corrected chi connectivity index (χ2v) is 7.08. The summed E-state index contributed by atoms with van der Waals surface area (Å²) >= 11 is 1.84. The van der Waals surface area contributed by atoms with Crippen molar-refractivity contribution in [3.8, 4) is 0 Å². The molecule has 1 aromatic carbocycles. The summed E-state index contributed by atoms with van der Waals surface area (Å²) in [7, 11) is 2.03. The molecule has 0 aliphatic heterocycles. The molecule has 0 aliphatic rings. The molecule has 0 fully saturated rings. The normalized spacial score (nSPS) is 11.8. The van der Waals surface area contributed by atoms with E-state index in [2.05, 4.69) is 59.9 Å². The maximum atomic E-state index is 4.14. The molecule has 0 bridgehead atoms. The predicted molar refractivity (Wildman–Crippen MR) is 85.8 cm³/mol. The fourth-order valence-corrected chi connectivity index (χ4v) is 2.67. The fourth-order valence-electron chi connectivity index (χ4n) is 1.75. The van der Waals surface area contributed by atoms with E-state index in [0.717, 1.165) is 12.3 Å². The molecule has 0 radical (unpaired) electrons. The number of hydrogen-bond acceptors (Lipinski definition) is 3. The van der Waals surface area contributed by atoms with E-state index in [9.17, 15) is 0 Å². The molecular formula is C16H23N3S. The van der Waals surface area contributed by atoms with Gasteiger partial charge in [0.05, 0.1) is 6.33 Å². The van der Waals surface area contributed by atoms with E-state index in [0.29, 0.717) is 0 Å². The van der Waals surface area contributed by atoms with Crippen LogP contribution in [-0.2, 0) is 19.3 Å².